The molecule has 0 spiro atoms. The number of Topliss-reactive ketones (excluding diaryl/α,β-unsaturated/α-hetero) is 2. The van der Waals surface area contributed by atoms with Gasteiger partial charge < -0.3 is 15.0 Å². The lowest BCUT2D eigenvalue weighted by Gasteiger charge is -2.32. The number of ketones is 2. The van der Waals surface area contributed by atoms with Gasteiger partial charge in [0.25, 0.3) is 5.91 Å². The second-order valence-electron chi connectivity index (χ2n) is 8.02. The fraction of sp³-hybridized carbons (Fsp3) is 0.375. The summed E-state index contributed by atoms with van der Waals surface area (Å²) in [6, 6.07) is 11.3. The molecule has 7 nitrogen and oxygen atoms in total. The Morgan fingerprint density at radius 2 is 1.69 bits per heavy atom. The number of amides is 1. The zero-order chi connectivity index (χ0) is 22.7. The number of carbonyl (C=O) groups is 3. The molecule has 2 aliphatic heterocycles. The van der Waals surface area contributed by atoms with E-state index in [0.717, 1.165) is 26.2 Å². The van der Waals surface area contributed by atoms with E-state index < -0.39 is 35.3 Å². The highest BCUT2D eigenvalue weighted by molar-refractivity contribution is 6.44. The van der Waals surface area contributed by atoms with Crippen molar-refractivity contribution in [3.63, 3.8) is 0 Å². The Bertz CT molecular complexity index is 987. The van der Waals surface area contributed by atoms with Gasteiger partial charge in [0.1, 0.15) is 17.5 Å². The SMILES string of the molecule is COc1ccc(C(=O)C2C(=O)C(=O)N(CCN3CCNCC3)C2c2ccc(F)cc2)cc1. The van der Waals surface area contributed by atoms with Crippen LogP contribution < -0.4 is 10.1 Å². The van der Waals surface area contributed by atoms with Crippen molar-refractivity contribution in [1.82, 2.24) is 15.1 Å². The van der Waals surface area contributed by atoms with Crippen LogP contribution in [0.15, 0.2) is 48.5 Å². The summed E-state index contributed by atoms with van der Waals surface area (Å²) in [7, 11) is 1.52. The van der Waals surface area contributed by atoms with E-state index in [-0.39, 0.29) is 0 Å². The summed E-state index contributed by atoms with van der Waals surface area (Å²) in [6.07, 6.45) is 0. The van der Waals surface area contributed by atoms with Crippen LogP contribution in [0.3, 0.4) is 0 Å². The first-order valence-corrected chi connectivity index (χ1v) is 10.7. The second kappa shape index (κ2) is 9.58. The normalized spacial score (nSPS) is 21.8. The molecule has 2 aliphatic rings. The number of rotatable bonds is 7. The molecule has 0 aliphatic carbocycles. The molecule has 2 atom stereocenters. The summed E-state index contributed by atoms with van der Waals surface area (Å²) < 4.78 is 18.7. The van der Waals surface area contributed by atoms with Crippen LogP contribution in [0.25, 0.3) is 0 Å². The van der Waals surface area contributed by atoms with E-state index in [2.05, 4.69) is 10.2 Å². The number of ether oxygens (including phenoxy) is 1. The van der Waals surface area contributed by atoms with Crippen molar-refractivity contribution < 1.29 is 23.5 Å². The molecule has 2 fully saturated rings. The van der Waals surface area contributed by atoms with Gasteiger partial charge in [0.05, 0.1) is 13.2 Å². The largest absolute Gasteiger partial charge is 0.497 e. The maximum absolute atomic E-state index is 13.6. The van der Waals surface area contributed by atoms with Crippen molar-refractivity contribution in [3.8, 4) is 5.75 Å². The maximum Gasteiger partial charge on any atom is 0.291 e. The first-order valence-electron chi connectivity index (χ1n) is 10.7. The lowest BCUT2D eigenvalue weighted by atomic mass is 9.86. The van der Waals surface area contributed by atoms with Gasteiger partial charge in [-0.05, 0) is 42.0 Å². The molecule has 2 aromatic rings. The predicted molar refractivity (Wildman–Crippen MR) is 116 cm³/mol. The highest BCUT2D eigenvalue weighted by Crippen LogP contribution is 2.38. The van der Waals surface area contributed by atoms with E-state index in [1.54, 1.807) is 24.3 Å². The van der Waals surface area contributed by atoms with Crippen LogP contribution in [0.1, 0.15) is 22.0 Å². The molecule has 1 N–H and O–H groups in total. The van der Waals surface area contributed by atoms with E-state index >= 15 is 0 Å². The summed E-state index contributed by atoms with van der Waals surface area (Å²) in [5.41, 5.74) is 0.894. The Labute approximate surface area is 186 Å². The molecule has 0 radical (unpaired) electrons. The van der Waals surface area contributed by atoms with E-state index in [9.17, 15) is 18.8 Å². The smallest absolute Gasteiger partial charge is 0.291 e. The van der Waals surface area contributed by atoms with Gasteiger partial charge >= 0.3 is 0 Å². The minimum absolute atomic E-state index is 0.318. The summed E-state index contributed by atoms with van der Waals surface area (Å²) in [5.74, 6) is -2.82. The number of halogens is 1. The third kappa shape index (κ3) is 4.42. The number of methoxy groups -OCH3 is 1. The average molecular weight is 439 g/mol. The van der Waals surface area contributed by atoms with Crippen molar-refractivity contribution in [2.24, 2.45) is 5.92 Å². The second-order valence-corrected chi connectivity index (χ2v) is 8.02. The van der Waals surface area contributed by atoms with Crippen molar-refractivity contribution in [1.29, 1.82) is 0 Å². The molecule has 32 heavy (non-hydrogen) atoms. The highest BCUT2D eigenvalue weighted by atomic mass is 19.1. The Morgan fingerprint density at radius 3 is 2.31 bits per heavy atom. The monoisotopic (exact) mass is 439 g/mol. The van der Waals surface area contributed by atoms with Gasteiger partial charge in [-0.1, -0.05) is 12.1 Å². The van der Waals surface area contributed by atoms with Gasteiger partial charge in [0.15, 0.2) is 5.78 Å². The standard InChI is InChI=1S/C24H26FN3O4/c1-32-19-8-4-17(5-9-19)22(29)20-21(16-2-6-18(25)7-3-16)28(24(31)23(20)30)15-14-27-12-10-26-11-13-27/h2-9,20-21,26H,10-15H2,1H3. The van der Waals surface area contributed by atoms with Crippen LogP contribution in [0, 0.1) is 11.7 Å². The van der Waals surface area contributed by atoms with Crippen molar-refractivity contribution in [3.05, 3.63) is 65.5 Å². The summed E-state index contributed by atoms with van der Waals surface area (Å²) in [4.78, 5) is 43.1. The van der Waals surface area contributed by atoms with Crippen LogP contribution in [0.5, 0.6) is 5.75 Å². The fourth-order valence-electron chi connectivity index (χ4n) is 4.38. The fourth-order valence-corrected chi connectivity index (χ4v) is 4.38. The Balaban J connectivity index is 1.64. The molecule has 2 unspecified atom stereocenters. The highest BCUT2D eigenvalue weighted by Gasteiger charge is 2.51. The van der Waals surface area contributed by atoms with Crippen molar-refractivity contribution in [2.75, 3.05) is 46.4 Å². The van der Waals surface area contributed by atoms with E-state index in [4.69, 9.17) is 4.74 Å². The lowest BCUT2D eigenvalue weighted by molar-refractivity contribution is -0.140. The number of hydrogen-bond acceptors (Lipinski definition) is 6. The number of nitrogens with zero attached hydrogens (tertiary/aromatic N) is 2. The van der Waals surface area contributed by atoms with Gasteiger partial charge in [-0.25, -0.2) is 4.39 Å². The lowest BCUT2D eigenvalue weighted by Crippen LogP contribution is -2.47. The number of piperazine rings is 1. The topological polar surface area (TPSA) is 79.0 Å². The summed E-state index contributed by atoms with van der Waals surface area (Å²) in [6.45, 7) is 4.36. The Hall–Kier alpha value is -3.10. The number of hydrogen-bond donors (Lipinski definition) is 1. The molecule has 168 valence electrons. The van der Waals surface area contributed by atoms with Gasteiger partial charge in [0.2, 0.25) is 5.78 Å². The summed E-state index contributed by atoms with van der Waals surface area (Å²) in [5, 5.41) is 3.28. The van der Waals surface area contributed by atoms with Gasteiger partial charge in [-0.2, -0.15) is 0 Å². The van der Waals surface area contributed by atoms with Gasteiger partial charge in [-0.15, -0.1) is 0 Å². The predicted octanol–water partition coefficient (Wildman–Crippen LogP) is 1.69. The molecular weight excluding hydrogens is 413 g/mol. The first kappa shape index (κ1) is 22.1. The quantitative estimate of drug-likeness (QED) is 0.402. The number of likely N-dealkylation sites (tertiary alicyclic amines) is 1. The molecule has 2 aromatic carbocycles. The van der Waals surface area contributed by atoms with E-state index in [1.165, 1.54) is 36.3 Å². The first-order chi connectivity index (χ1) is 15.5. The molecular formula is C24H26FN3O4. The molecule has 2 saturated heterocycles. The number of carbonyl (C=O) groups excluding carboxylic acids is 3. The van der Waals surface area contributed by atoms with Crippen LogP contribution in [-0.2, 0) is 9.59 Å². The Kier molecular flexibility index (Phi) is 6.62. The molecule has 0 saturated carbocycles. The van der Waals surface area contributed by atoms with Crippen LogP contribution in [0.4, 0.5) is 4.39 Å². The zero-order valence-electron chi connectivity index (χ0n) is 17.9. The summed E-state index contributed by atoms with van der Waals surface area (Å²) >= 11 is 0. The third-order valence-corrected chi connectivity index (χ3v) is 6.14. The molecule has 8 heteroatoms. The Morgan fingerprint density at radius 1 is 1.03 bits per heavy atom. The van der Waals surface area contributed by atoms with E-state index in [0.29, 0.717) is 30.0 Å². The van der Waals surface area contributed by atoms with Gasteiger partial charge in [0, 0.05) is 44.8 Å². The zero-order valence-corrected chi connectivity index (χ0v) is 17.9. The average Bonchev–Trinajstić information content (AvgIpc) is 3.08. The number of nitrogens with one attached hydrogen (secondary N) is 1. The van der Waals surface area contributed by atoms with Crippen LogP contribution >= 0.6 is 0 Å². The molecule has 0 bridgehead atoms. The maximum atomic E-state index is 13.6. The molecule has 0 aromatic heterocycles. The third-order valence-electron chi connectivity index (χ3n) is 6.14. The minimum Gasteiger partial charge on any atom is -0.497 e. The minimum atomic E-state index is -1.18. The number of benzene rings is 2. The molecule has 1 amide bonds. The van der Waals surface area contributed by atoms with Crippen LogP contribution in [-0.4, -0.2) is 73.7 Å². The van der Waals surface area contributed by atoms with Gasteiger partial charge in [-0.3, -0.25) is 19.3 Å². The van der Waals surface area contributed by atoms with E-state index in [1.807, 2.05) is 0 Å². The molecule has 4 rings (SSSR count). The van der Waals surface area contributed by atoms with Crippen LogP contribution in [0.2, 0.25) is 0 Å². The van der Waals surface area contributed by atoms with Crippen molar-refractivity contribution >= 4 is 17.5 Å². The van der Waals surface area contributed by atoms with Crippen molar-refractivity contribution in [2.45, 2.75) is 6.04 Å². The molecule has 2 heterocycles.